The number of likely N-dealkylation sites (tertiary alicyclic amines) is 1. The molecule has 0 spiro atoms. The van der Waals surface area contributed by atoms with Crippen LogP contribution in [0.1, 0.15) is 31.2 Å². The molecule has 5 aromatic rings. The summed E-state index contributed by atoms with van der Waals surface area (Å²) in [7, 11) is 2.63. The molecule has 0 saturated carbocycles. The summed E-state index contributed by atoms with van der Waals surface area (Å²) in [6.45, 7) is 7.52. The van der Waals surface area contributed by atoms with E-state index in [2.05, 4.69) is 52.2 Å². The maximum absolute atomic E-state index is 12.6. The molecule has 1 amide bonds. The Balaban J connectivity index is 1.17. The van der Waals surface area contributed by atoms with Gasteiger partial charge in [-0.25, -0.2) is 9.97 Å². The number of aromatic nitrogens is 6. The van der Waals surface area contributed by atoms with Crippen LogP contribution in [0.4, 0.5) is 16.5 Å². The normalized spacial score (nSPS) is 15.9. The van der Waals surface area contributed by atoms with Gasteiger partial charge in [0.25, 0.3) is 0 Å². The molecule has 4 aromatic heterocycles. The number of hydrogen-bond donors (Lipinski definition) is 2. The Bertz CT molecular complexity index is 1660. The van der Waals surface area contributed by atoms with Gasteiger partial charge in [0.2, 0.25) is 5.91 Å². The van der Waals surface area contributed by atoms with Crippen molar-refractivity contribution in [3.05, 3.63) is 66.5 Å². The van der Waals surface area contributed by atoms with E-state index in [1.807, 2.05) is 54.2 Å². The lowest BCUT2D eigenvalue weighted by Crippen LogP contribution is -2.33. The predicted molar refractivity (Wildman–Crippen MR) is 162 cm³/mol. The van der Waals surface area contributed by atoms with Crippen LogP contribution >= 0.6 is 20.8 Å². The number of piperidine rings is 1. The fourth-order valence-corrected chi connectivity index (χ4v) is 6.09. The van der Waals surface area contributed by atoms with Crippen LogP contribution in [0.5, 0.6) is 0 Å². The van der Waals surface area contributed by atoms with Crippen molar-refractivity contribution in [2.45, 2.75) is 39.8 Å². The highest BCUT2D eigenvalue weighted by Gasteiger charge is 2.19. The number of nitrogens with zero attached hydrogens (tertiary/aromatic N) is 7. The smallest absolute Gasteiger partial charge is 0.246 e. The first-order chi connectivity index (χ1) is 19.4. The topological polar surface area (TPSA) is 105 Å². The summed E-state index contributed by atoms with van der Waals surface area (Å²) < 4.78 is 8.32. The summed E-state index contributed by atoms with van der Waals surface area (Å²) >= 11 is 1.44. The van der Waals surface area contributed by atoms with Crippen molar-refractivity contribution >= 4 is 54.1 Å². The third-order valence-electron chi connectivity index (χ3n) is 7.01. The summed E-state index contributed by atoms with van der Waals surface area (Å²) in [5.74, 6) is 1.27. The van der Waals surface area contributed by atoms with Gasteiger partial charge < -0.3 is 10.6 Å². The molecule has 0 radical (unpaired) electrons. The number of aryl methyl sites for hydroxylation is 1. The Kier molecular flexibility index (Phi) is 7.60. The molecule has 1 aliphatic heterocycles. The minimum absolute atomic E-state index is 0.104. The van der Waals surface area contributed by atoms with E-state index in [-0.39, 0.29) is 12.5 Å². The average Bonchev–Trinajstić information content (AvgIpc) is 3.66. The fourth-order valence-electron chi connectivity index (χ4n) is 5.16. The van der Waals surface area contributed by atoms with Gasteiger partial charge in [0.1, 0.15) is 11.5 Å². The number of hydrogen-bond acceptors (Lipinski definition) is 8. The molecule has 206 valence electrons. The minimum Gasteiger partial charge on any atom is -0.328 e. The summed E-state index contributed by atoms with van der Waals surface area (Å²) in [6.07, 6.45) is 9.94. The van der Waals surface area contributed by atoms with Gasteiger partial charge in [-0.2, -0.15) is 9.47 Å². The highest BCUT2D eigenvalue weighted by Crippen LogP contribution is 2.28. The van der Waals surface area contributed by atoms with Crippen molar-refractivity contribution in [3.8, 4) is 11.3 Å². The lowest BCUT2D eigenvalue weighted by Gasteiger charge is -2.30. The number of carbonyl (C=O) groups excluding carboxylic acids is 1. The quantitative estimate of drug-likeness (QED) is 0.264. The minimum atomic E-state index is -0.145. The molecule has 1 saturated heterocycles. The van der Waals surface area contributed by atoms with Gasteiger partial charge in [0.05, 0.1) is 29.5 Å². The SMILES string of the molecule is Cc1cn2c(-c3cnn(CC(=O)Nc4ccccc4P)c3)cnc2c(Nc2cc(CN3CCCC(C)C3)ns2)n1. The van der Waals surface area contributed by atoms with E-state index in [1.165, 1.54) is 24.4 Å². The molecule has 5 heterocycles. The molecule has 2 N–H and O–H groups in total. The van der Waals surface area contributed by atoms with Gasteiger partial charge in [0, 0.05) is 36.7 Å². The fraction of sp³-hybridized carbons (Fsp3) is 0.321. The maximum Gasteiger partial charge on any atom is 0.246 e. The van der Waals surface area contributed by atoms with E-state index in [9.17, 15) is 4.79 Å². The zero-order chi connectivity index (χ0) is 27.6. The maximum atomic E-state index is 12.6. The van der Waals surface area contributed by atoms with E-state index in [0.29, 0.717) is 11.5 Å². The predicted octanol–water partition coefficient (Wildman–Crippen LogP) is 4.47. The Hall–Kier alpha value is -3.66. The Morgan fingerprint density at radius 2 is 2.10 bits per heavy atom. The zero-order valence-electron chi connectivity index (χ0n) is 22.5. The summed E-state index contributed by atoms with van der Waals surface area (Å²) in [5, 5.41) is 12.7. The molecule has 12 heteroatoms. The van der Waals surface area contributed by atoms with Crippen molar-refractivity contribution in [3.63, 3.8) is 0 Å². The van der Waals surface area contributed by atoms with Crippen molar-refractivity contribution in [1.82, 2.24) is 33.4 Å². The van der Waals surface area contributed by atoms with Crippen molar-refractivity contribution in [2.75, 3.05) is 23.7 Å². The van der Waals surface area contributed by atoms with Crippen LogP contribution in [0.3, 0.4) is 0 Å². The standard InChI is InChI=1S/C28H32N9OPS/c1-18-6-5-9-35(13-18)16-21-10-26(40-34-21)33-27-28-29-12-23(37(28)14-19(2)31-27)20-11-30-36(15-20)17-25(38)32-22-7-3-4-8-24(22)39/h3-4,7-8,10-12,14-15,18H,5-6,9,13,16-17,39H2,1-2H3,(H,31,33)(H,32,38). The molecule has 1 aliphatic rings. The summed E-state index contributed by atoms with van der Waals surface area (Å²) in [5.41, 5.74) is 5.14. The van der Waals surface area contributed by atoms with Crippen molar-refractivity contribution < 1.29 is 4.79 Å². The second-order valence-corrected chi connectivity index (χ2v) is 11.8. The van der Waals surface area contributed by atoms with E-state index in [1.54, 1.807) is 10.9 Å². The van der Waals surface area contributed by atoms with E-state index < -0.39 is 0 Å². The molecule has 2 atom stereocenters. The second kappa shape index (κ2) is 11.4. The van der Waals surface area contributed by atoms with Gasteiger partial charge >= 0.3 is 0 Å². The number of amides is 1. The molecule has 6 rings (SSSR count). The molecule has 2 unspecified atom stereocenters. The number of fused-ring (bicyclic) bond motifs is 1. The number of carbonyl (C=O) groups is 1. The van der Waals surface area contributed by atoms with E-state index in [4.69, 9.17) is 4.98 Å². The lowest BCUT2D eigenvalue weighted by molar-refractivity contribution is -0.116. The summed E-state index contributed by atoms with van der Waals surface area (Å²) in [4.78, 5) is 24.5. The lowest BCUT2D eigenvalue weighted by atomic mass is 10.0. The molecule has 0 aliphatic carbocycles. The number of imidazole rings is 1. The number of anilines is 3. The highest BCUT2D eigenvalue weighted by atomic mass is 32.1. The monoisotopic (exact) mass is 573 g/mol. The molecular weight excluding hydrogens is 541 g/mol. The van der Waals surface area contributed by atoms with Gasteiger partial charge in [-0.15, -0.1) is 9.24 Å². The first-order valence-electron chi connectivity index (χ1n) is 13.4. The largest absolute Gasteiger partial charge is 0.328 e. The molecule has 0 bridgehead atoms. The van der Waals surface area contributed by atoms with Crippen molar-refractivity contribution in [2.24, 2.45) is 5.92 Å². The second-order valence-electron chi connectivity index (χ2n) is 10.4. The van der Waals surface area contributed by atoms with Gasteiger partial charge in [0.15, 0.2) is 11.5 Å². The molecule has 40 heavy (non-hydrogen) atoms. The molecule has 10 nitrogen and oxygen atoms in total. The third kappa shape index (κ3) is 5.91. The molecular formula is C28H32N9OPS. The Morgan fingerprint density at radius 1 is 1.23 bits per heavy atom. The van der Waals surface area contributed by atoms with Gasteiger partial charge in [-0.05, 0) is 61.2 Å². The van der Waals surface area contributed by atoms with Crippen LogP contribution in [0.25, 0.3) is 16.9 Å². The van der Waals surface area contributed by atoms with Crippen LogP contribution in [0.2, 0.25) is 0 Å². The molecule has 1 aromatic carbocycles. The van der Waals surface area contributed by atoms with Crippen LogP contribution in [-0.4, -0.2) is 52.4 Å². The summed E-state index contributed by atoms with van der Waals surface area (Å²) in [6, 6.07) is 9.73. The van der Waals surface area contributed by atoms with Crippen molar-refractivity contribution in [1.29, 1.82) is 0 Å². The average molecular weight is 574 g/mol. The van der Waals surface area contributed by atoms with Crippen LogP contribution in [0, 0.1) is 12.8 Å². The molecule has 1 fully saturated rings. The van der Waals surface area contributed by atoms with E-state index in [0.717, 1.165) is 64.2 Å². The van der Waals surface area contributed by atoms with Crippen LogP contribution in [0.15, 0.2) is 55.1 Å². The van der Waals surface area contributed by atoms with Crippen LogP contribution in [-0.2, 0) is 17.9 Å². The first kappa shape index (κ1) is 26.6. The third-order valence-corrected chi connectivity index (χ3v) is 8.26. The van der Waals surface area contributed by atoms with Gasteiger partial charge in [-0.1, -0.05) is 25.1 Å². The highest BCUT2D eigenvalue weighted by molar-refractivity contribution is 7.28. The van der Waals surface area contributed by atoms with E-state index >= 15 is 0 Å². The number of benzene rings is 1. The van der Waals surface area contributed by atoms with Gasteiger partial charge in [-0.3, -0.25) is 18.8 Å². The zero-order valence-corrected chi connectivity index (χ0v) is 24.5. The number of para-hydroxylation sites is 1. The number of rotatable bonds is 8. The Morgan fingerprint density at radius 3 is 2.95 bits per heavy atom. The van der Waals surface area contributed by atoms with Crippen LogP contribution < -0.4 is 15.9 Å². The number of nitrogens with one attached hydrogen (secondary N) is 2. The first-order valence-corrected chi connectivity index (χ1v) is 14.7. The Labute approximate surface area is 239 Å².